The lowest BCUT2D eigenvalue weighted by atomic mass is 10.2. The van der Waals surface area contributed by atoms with Crippen molar-refractivity contribution in [1.82, 2.24) is 9.97 Å². The van der Waals surface area contributed by atoms with Crippen molar-refractivity contribution in [3.05, 3.63) is 34.2 Å². The second-order valence-corrected chi connectivity index (χ2v) is 7.97. The number of nitrogens with two attached hydrogens (primary N) is 1. The third-order valence-electron chi connectivity index (χ3n) is 3.29. The Kier molecular flexibility index (Phi) is 6.48. The number of aromatic nitrogens is 2. The molecule has 28 heavy (non-hydrogen) atoms. The number of hydrogen-bond acceptors (Lipinski definition) is 7. The average molecular weight is 488 g/mol. The molecule has 2 rings (SSSR count). The smallest absolute Gasteiger partial charge is 0.394 e. The van der Waals surface area contributed by atoms with E-state index in [1.165, 1.54) is 6.20 Å². The highest BCUT2D eigenvalue weighted by molar-refractivity contribution is 9.10. The zero-order valence-electron chi connectivity index (χ0n) is 14.1. The van der Waals surface area contributed by atoms with Gasteiger partial charge in [-0.05, 0) is 35.0 Å². The van der Waals surface area contributed by atoms with Gasteiger partial charge in [0.2, 0.25) is 16.0 Å². The maximum absolute atomic E-state index is 14.1. The van der Waals surface area contributed by atoms with Gasteiger partial charge in [0.15, 0.2) is 0 Å². The van der Waals surface area contributed by atoms with Crippen molar-refractivity contribution in [3.8, 4) is 0 Å². The maximum atomic E-state index is 14.1. The number of sulfonamides is 1. The summed E-state index contributed by atoms with van der Waals surface area (Å²) in [5.41, 5.74) is -2.21. The summed E-state index contributed by atoms with van der Waals surface area (Å²) in [5, 5.41) is 19.0. The van der Waals surface area contributed by atoms with E-state index in [-0.39, 0.29) is 24.4 Å². The van der Waals surface area contributed by atoms with Gasteiger partial charge in [-0.2, -0.15) is 18.2 Å². The van der Waals surface area contributed by atoms with Gasteiger partial charge in [0.1, 0.15) is 16.5 Å². The number of halogens is 5. The van der Waals surface area contributed by atoms with E-state index in [4.69, 9.17) is 10.2 Å². The van der Waals surface area contributed by atoms with Crippen molar-refractivity contribution in [2.24, 2.45) is 5.14 Å². The highest BCUT2D eigenvalue weighted by Gasteiger charge is 2.39. The molecule has 1 aromatic heterocycles. The van der Waals surface area contributed by atoms with Gasteiger partial charge in [-0.3, -0.25) is 0 Å². The normalized spacial score (nSPS) is 13.3. The molecule has 8 nitrogen and oxygen atoms in total. The van der Waals surface area contributed by atoms with Crippen LogP contribution in [0, 0.1) is 5.82 Å². The van der Waals surface area contributed by atoms with Crippen LogP contribution in [-0.4, -0.2) is 36.1 Å². The molecule has 0 spiro atoms. The molecule has 0 bridgehead atoms. The molecular weight excluding hydrogens is 474 g/mol. The molecule has 5 N–H and O–H groups in total. The minimum atomic E-state index is -5.18. The summed E-state index contributed by atoms with van der Waals surface area (Å²) < 4.78 is 76.8. The van der Waals surface area contributed by atoms with E-state index < -0.39 is 38.2 Å². The minimum Gasteiger partial charge on any atom is -0.394 e. The first-order chi connectivity index (χ1) is 12.8. The van der Waals surface area contributed by atoms with Crippen molar-refractivity contribution >= 4 is 43.4 Å². The number of nitrogens with one attached hydrogen (secondary N) is 2. The van der Waals surface area contributed by atoms with Crippen LogP contribution < -0.4 is 15.8 Å². The standard InChI is InChI=1S/C14H14BrF4N5O3S/c1-6(5-25)22-12-9(15)4-21-13(24-12)23-7-2-8(14(17,18)19)11(10(16)3-7)28(20,26)27/h2-4,6,25H,5H2,1H3,(H2,20,26,27)(H2,21,22,23,24)/t6-/m1/s1. The van der Waals surface area contributed by atoms with E-state index in [1.807, 2.05) is 0 Å². The van der Waals surface area contributed by atoms with Gasteiger partial charge in [-0.15, -0.1) is 0 Å². The number of rotatable bonds is 6. The number of aliphatic hydroxyl groups is 1. The van der Waals surface area contributed by atoms with Gasteiger partial charge in [0, 0.05) is 17.9 Å². The summed E-state index contributed by atoms with van der Waals surface area (Å²) >= 11 is 3.17. The van der Waals surface area contributed by atoms with Crippen LogP contribution in [0.15, 0.2) is 27.7 Å². The fraction of sp³-hybridized carbons (Fsp3) is 0.286. The van der Waals surface area contributed by atoms with E-state index >= 15 is 0 Å². The van der Waals surface area contributed by atoms with E-state index in [0.29, 0.717) is 16.6 Å². The number of aliphatic hydroxyl groups excluding tert-OH is 1. The van der Waals surface area contributed by atoms with E-state index in [2.05, 4.69) is 36.5 Å². The summed E-state index contributed by atoms with van der Waals surface area (Å²) in [6.45, 7) is 1.44. The Labute approximate surface area is 165 Å². The quantitative estimate of drug-likeness (QED) is 0.460. The van der Waals surface area contributed by atoms with Gasteiger partial charge in [-0.1, -0.05) is 0 Å². The van der Waals surface area contributed by atoms with E-state index in [9.17, 15) is 26.0 Å². The predicted molar refractivity (Wildman–Crippen MR) is 96.0 cm³/mol. The number of benzene rings is 1. The first kappa shape index (κ1) is 22.3. The van der Waals surface area contributed by atoms with Crippen LogP contribution in [-0.2, 0) is 16.2 Å². The lowest BCUT2D eigenvalue weighted by molar-refractivity contribution is -0.140. The lowest BCUT2D eigenvalue weighted by Gasteiger charge is -2.16. The Morgan fingerprint density at radius 3 is 2.54 bits per heavy atom. The molecule has 14 heteroatoms. The van der Waals surface area contributed by atoms with Crippen molar-refractivity contribution in [2.75, 3.05) is 17.2 Å². The summed E-state index contributed by atoms with van der Waals surface area (Å²) in [7, 11) is -4.96. The molecule has 0 aliphatic carbocycles. The first-order valence-corrected chi connectivity index (χ1v) is 9.77. The molecule has 2 aromatic rings. The zero-order chi connectivity index (χ0) is 21.3. The van der Waals surface area contributed by atoms with Crippen LogP contribution in [0.5, 0.6) is 0 Å². The fourth-order valence-corrected chi connectivity index (χ4v) is 3.22. The molecule has 1 atom stereocenters. The Balaban J connectivity index is 2.48. The molecule has 0 radical (unpaired) electrons. The van der Waals surface area contributed by atoms with Gasteiger partial charge in [0.25, 0.3) is 0 Å². The topological polar surface area (TPSA) is 130 Å². The number of nitrogens with zero attached hydrogens (tertiary/aromatic N) is 2. The Morgan fingerprint density at radius 1 is 1.36 bits per heavy atom. The predicted octanol–water partition coefficient (Wildman–Crippen LogP) is 2.58. The summed E-state index contributed by atoms with van der Waals surface area (Å²) in [6.07, 6.45) is -3.90. The molecule has 154 valence electrons. The summed E-state index contributed by atoms with van der Waals surface area (Å²) in [5.74, 6) is -1.66. The molecule has 0 aliphatic rings. The van der Waals surface area contributed by atoms with Crippen LogP contribution in [0.3, 0.4) is 0 Å². The van der Waals surface area contributed by atoms with Crippen LogP contribution in [0.4, 0.5) is 35.0 Å². The Bertz CT molecular complexity index is 988. The molecular formula is C14H14BrF4N5O3S. The molecule has 1 aromatic carbocycles. The molecule has 0 saturated carbocycles. The van der Waals surface area contributed by atoms with Gasteiger partial charge < -0.3 is 15.7 Å². The number of hydrogen-bond donors (Lipinski definition) is 4. The second-order valence-electron chi connectivity index (χ2n) is 5.62. The minimum absolute atomic E-state index is 0.202. The molecule has 0 aliphatic heterocycles. The van der Waals surface area contributed by atoms with Crippen LogP contribution in [0.2, 0.25) is 0 Å². The lowest BCUT2D eigenvalue weighted by Crippen LogP contribution is -2.21. The zero-order valence-corrected chi connectivity index (χ0v) is 16.5. The summed E-state index contributed by atoms with van der Waals surface area (Å²) in [6, 6.07) is 0.531. The average Bonchev–Trinajstić information content (AvgIpc) is 2.55. The Morgan fingerprint density at radius 2 is 2.00 bits per heavy atom. The monoisotopic (exact) mass is 487 g/mol. The van der Waals surface area contributed by atoms with Crippen molar-refractivity contribution in [3.63, 3.8) is 0 Å². The second kappa shape index (κ2) is 8.14. The van der Waals surface area contributed by atoms with Crippen molar-refractivity contribution in [1.29, 1.82) is 0 Å². The maximum Gasteiger partial charge on any atom is 0.417 e. The SMILES string of the molecule is C[C@H](CO)Nc1nc(Nc2cc(F)c(S(N)(=O)=O)c(C(F)(F)F)c2)ncc1Br. The van der Waals surface area contributed by atoms with Gasteiger partial charge in [-0.25, -0.2) is 22.9 Å². The molecule has 0 amide bonds. The molecule has 0 saturated heterocycles. The van der Waals surface area contributed by atoms with Crippen LogP contribution in [0.25, 0.3) is 0 Å². The number of anilines is 3. The number of alkyl halides is 3. The van der Waals surface area contributed by atoms with E-state index in [1.54, 1.807) is 6.92 Å². The number of primary sulfonamides is 1. The first-order valence-electron chi connectivity index (χ1n) is 7.43. The van der Waals surface area contributed by atoms with Crippen molar-refractivity contribution < 1.29 is 31.1 Å². The largest absolute Gasteiger partial charge is 0.417 e. The third-order valence-corrected chi connectivity index (χ3v) is 4.86. The Hall–Kier alpha value is -2.03. The highest BCUT2D eigenvalue weighted by atomic mass is 79.9. The summed E-state index contributed by atoms with van der Waals surface area (Å²) in [4.78, 5) is 6.20. The van der Waals surface area contributed by atoms with Crippen LogP contribution >= 0.6 is 15.9 Å². The fourth-order valence-electron chi connectivity index (χ4n) is 2.10. The molecule has 0 unspecified atom stereocenters. The van der Waals surface area contributed by atoms with Gasteiger partial charge in [0.05, 0.1) is 16.6 Å². The van der Waals surface area contributed by atoms with E-state index in [0.717, 1.165) is 0 Å². The third kappa shape index (κ3) is 5.27. The van der Waals surface area contributed by atoms with Crippen LogP contribution in [0.1, 0.15) is 12.5 Å². The molecule has 0 fully saturated rings. The van der Waals surface area contributed by atoms with Crippen molar-refractivity contribution in [2.45, 2.75) is 24.0 Å². The van der Waals surface area contributed by atoms with Gasteiger partial charge >= 0.3 is 6.18 Å². The molecule has 1 heterocycles. The highest BCUT2D eigenvalue weighted by Crippen LogP contribution is 2.37.